The maximum absolute atomic E-state index is 12.4. The first-order chi connectivity index (χ1) is 10.1. The van der Waals surface area contributed by atoms with Gasteiger partial charge in [-0.25, -0.2) is 8.42 Å². The molecule has 2 aromatic rings. The molecule has 2 N–H and O–H groups in total. The Morgan fingerprint density at radius 1 is 1.05 bits per heavy atom. The summed E-state index contributed by atoms with van der Waals surface area (Å²) in [5.74, 6) is -0.409. The van der Waals surface area contributed by atoms with Crippen molar-refractivity contribution in [3.05, 3.63) is 42.5 Å². The minimum atomic E-state index is -4.84. The fourth-order valence-corrected chi connectivity index (χ4v) is 2.58. The number of anilines is 1. The van der Waals surface area contributed by atoms with Crippen molar-refractivity contribution in [2.75, 3.05) is 12.0 Å². The van der Waals surface area contributed by atoms with Gasteiger partial charge in [-0.3, -0.25) is 0 Å². The topological polar surface area (TPSA) is 69.4 Å². The number of nitrogens with two attached hydrogens (primary N) is 1. The van der Waals surface area contributed by atoms with Crippen molar-refractivity contribution in [3.8, 4) is 16.9 Å². The van der Waals surface area contributed by atoms with E-state index in [1.165, 1.54) is 36.4 Å². The van der Waals surface area contributed by atoms with Crippen LogP contribution in [-0.4, -0.2) is 21.0 Å². The van der Waals surface area contributed by atoms with E-state index in [0.29, 0.717) is 0 Å². The number of alkyl halides is 3. The molecule has 8 heteroatoms. The zero-order valence-electron chi connectivity index (χ0n) is 11.4. The summed E-state index contributed by atoms with van der Waals surface area (Å²) in [6.07, 6.45) is -3.82. The maximum Gasteiger partial charge on any atom is 0.573 e. The van der Waals surface area contributed by atoms with Crippen LogP contribution in [0.2, 0.25) is 0 Å². The number of hydrogen-bond acceptors (Lipinski definition) is 4. The van der Waals surface area contributed by atoms with Gasteiger partial charge in [0.1, 0.15) is 5.75 Å². The molecular weight excluding hydrogens is 319 g/mol. The van der Waals surface area contributed by atoms with Gasteiger partial charge in [-0.2, -0.15) is 0 Å². The molecule has 2 aromatic carbocycles. The molecule has 2 rings (SSSR count). The molecule has 0 amide bonds. The average molecular weight is 331 g/mol. The van der Waals surface area contributed by atoms with Crippen LogP contribution in [0, 0.1) is 0 Å². The SMILES string of the molecule is CS(=O)(=O)c1ccc(-c2ccccc2OC(F)(F)F)c(N)c1. The number of sulfone groups is 1. The Bertz CT molecular complexity index is 801. The van der Waals surface area contributed by atoms with E-state index in [-0.39, 0.29) is 21.7 Å². The van der Waals surface area contributed by atoms with Crippen LogP contribution in [0.3, 0.4) is 0 Å². The first kappa shape index (κ1) is 16.2. The lowest BCUT2D eigenvalue weighted by molar-refractivity contribution is -0.274. The first-order valence-electron chi connectivity index (χ1n) is 6.02. The maximum atomic E-state index is 12.4. The molecule has 0 unspecified atom stereocenters. The van der Waals surface area contributed by atoms with E-state index in [1.54, 1.807) is 0 Å². The molecule has 0 radical (unpaired) electrons. The number of hydrogen-bond donors (Lipinski definition) is 1. The molecule has 4 nitrogen and oxygen atoms in total. The minimum absolute atomic E-state index is 0.0111. The van der Waals surface area contributed by atoms with Crippen molar-refractivity contribution in [1.82, 2.24) is 0 Å². The Morgan fingerprint density at radius 2 is 1.68 bits per heavy atom. The van der Waals surface area contributed by atoms with Gasteiger partial charge in [0.25, 0.3) is 0 Å². The molecule has 0 aliphatic heterocycles. The van der Waals surface area contributed by atoms with E-state index >= 15 is 0 Å². The lowest BCUT2D eigenvalue weighted by atomic mass is 10.0. The summed E-state index contributed by atoms with van der Waals surface area (Å²) in [5.41, 5.74) is 6.20. The van der Waals surface area contributed by atoms with Gasteiger partial charge in [-0.05, 0) is 18.2 Å². The summed E-state index contributed by atoms with van der Waals surface area (Å²) < 4.78 is 64.2. The Hall–Kier alpha value is -2.22. The van der Waals surface area contributed by atoms with Crippen LogP contribution in [0.5, 0.6) is 5.75 Å². The van der Waals surface area contributed by atoms with Crippen LogP contribution < -0.4 is 10.5 Å². The number of benzene rings is 2. The second kappa shape index (κ2) is 5.53. The predicted octanol–water partition coefficient (Wildman–Crippen LogP) is 3.24. The van der Waals surface area contributed by atoms with E-state index in [2.05, 4.69) is 4.74 Å². The summed E-state index contributed by atoms with van der Waals surface area (Å²) in [7, 11) is -3.45. The fraction of sp³-hybridized carbons (Fsp3) is 0.143. The molecule has 0 atom stereocenters. The zero-order chi connectivity index (χ0) is 16.5. The third-order valence-electron chi connectivity index (χ3n) is 2.85. The van der Waals surface area contributed by atoms with Crippen LogP contribution in [0.15, 0.2) is 47.4 Å². The minimum Gasteiger partial charge on any atom is -0.405 e. The standard InChI is InChI=1S/C14H12F3NO3S/c1-22(19,20)9-6-7-10(12(18)8-9)11-4-2-3-5-13(11)21-14(15,16)17/h2-8H,18H2,1H3. The molecule has 0 aromatic heterocycles. The van der Waals surface area contributed by atoms with Crippen LogP contribution in [0.1, 0.15) is 0 Å². The van der Waals surface area contributed by atoms with Gasteiger partial charge in [0, 0.05) is 23.1 Å². The molecule has 0 aliphatic carbocycles. The highest BCUT2D eigenvalue weighted by Gasteiger charge is 2.32. The predicted molar refractivity (Wildman–Crippen MR) is 76.1 cm³/mol. The Morgan fingerprint density at radius 3 is 2.23 bits per heavy atom. The normalized spacial score (nSPS) is 12.2. The van der Waals surface area contributed by atoms with Gasteiger partial charge in [-0.15, -0.1) is 13.2 Å². The van der Waals surface area contributed by atoms with E-state index in [4.69, 9.17) is 5.73 Å². The summed E-state index contributed by atoms with van der Waals surface area (Å²) in [4.78, 5) is -0.0111. The largest absolute Gasteiger partial charge is 0.573 e. The highest BCUT2D eigenvalue weighted by atomic mass is 32.2. The van der Waals surface area contributed by atoms with Crippen LogP contribution in [0.4, 0.5) is 18.9 Å². The molecule has 0 aliphatic rings. The molecule has 118 valence electrons. The van der Waals surface area contributed by atoms with Crippen molar-refractivity contribution < 1.29 is 26.3 Å². The fourth-order valence-electron chi connectivity index (χ4n) is 1.92. The molecule has 0 saturated heterocycles. The van der Waals surface area contributed by atoms with Gasteiger partial charge in [0.2, 0.25) is 0 Å². The van der Waals surface area contributed by atoms with Crippen LogP contribution >= 0.6 is 0 Å². The van der Waals surface area contributed by atoms with Crippen molar-refractivity contribution >= 4 is 15.5 Å². The average Bonchev–Trinajstić information content (AvgIpc) is 2.37. The number of nitrogen functional groups attached to an aromatic ring is 1. The Labute approximate surface area is 125 Å². The van der Waals surface area contributed by atoms with Gasteiger partial charge in [0.05, 0.1) is 4.90 Å². The monoisotopic (exact) mass is 331 g/mol. The number of halogens is 3. The second-order valence-corrected chi connectivity index (χ2v) is 6.58. The van der Waals surface area contributed by atoms with Gasteiger partial charge >= 0.3 is 6.36 Å². The van der Waals surface area contributed by atoms with Crippen LogP contribution in [-0.2, 0) is 9.84 Å². The van der Waals surface area contributed by atoms with Crippen molar-refractivity contribution in [3.63, 3.8) is 0 Å². The van der Waals surface area contributed by atoms with E-state index < -0.39 is 21.9 Å². The highest BCUT2D eigenvalue weighted by Crippen LogP contribution is 2.37. The molecule has 22 heavy (non-hydrogen) atoms. The smallest absolute Gasteiger partial charge is 0.405 e. The van der Waals surface area contributed by atoms with Crippen molar-refractivity contribution in [2.24, 2.45) is 0 Å². The highest BCUT2D eigenvalue weighted by molar-refractivity contribution is 7.90. The van der Waals surface area contributed by atoms with Crippen molar-refractivity contribution in [2.45, 2.75) is 11.3 Å². The molecule has 0 spiro atoms. The molecule has 0 saturated carbocycles. The summed E-state index contributed by atoms with van der Waals surface area (Å²) in [5, 5.41) is 0. The first-order valence-corrected chi connectivity index (χ1v) is 7.92. The van der Waals surface area contributed by atoms with Crippen LogP contribution in [0.25, 0.3) is 11.1 Å². The summed E-state index contributed by atoms with van der Waals surface area (Å²) in [6, 6.07) is 9.33. The Kier molecular flexibility index (Phi) is 4.06. The van der Waals surface area contributed by atoms with Crippen molar-refractivity contribution in [1.29, 1.82) is 0 Å². The summed E-state index contributed by atoms with van der Waals surface area (Å²) in [6.45, 7) is 0. The number of rotatable bonds is 3. The number of ether oxygens (including phenoxy) is 1. The quantitative estimate of drug-likeness (QED) is 0.877. The zero-order valence-corrected chi connectivity index (χ0v) is 12.2. The van der Waals surface area contributed by atoms with E-state index in [0.717, 1.165) is 12.3 Å². The third kappa shape index (κ3) is 3.70. The lowest BCUT2D eigenvalue weighted by Crippen LogP contribution is -2.17. The van der Waals surface area contributed by atoms with Gasteiger partial charge in [-0.1, -0.05) is 24.3 Å². The Balaban J connectivity index is 2.54. The second-order valence-electron chi connectivity index (χ2n) is 4.57. The summed E-state index contributed by atoms with van der Waals surface area (Å²) >= 11 is 0. The van der Waals surface area contributed by atoms with E-state index in [9.17, 15) is 21.6 Å². The molecule has 0 fully saturated rings. The molecular formula is C14H12F3NO3S. The number of para-hydroxylation sites is 1. The molecule has 0 heterocycles. The third-order valence-corrected chi connectivity index (χ3v) is 3.96. The molecule has 0 bridgehead atoms. The lowest BCUT2D eigenvalue weighted by Gasteiger charge is -2.15. The van der Waals surface area contributed by atoms with E-state index in [1.807, 2.05) is 0 Å². The van der Waals surface area contributed by atoms with Gasteiger partial charge < -0.3 is 10.5 Å². The van der Waals surface area contributed by atoms with Gasteiger partial charge in [0.15, 0.2) is 9.84 Å².